The van der Waals surface area contributed by atoms with Gasteiger partial charge < -0.3 is 5.32 Å². The van der Waals surface area contributed by atoms with Crippen LogP contribution in [0, 0.1) is 0 Å². The van der Waals surface area contributed by atoms with Crippen molar-refractivity contribution in [1.82, 2.24) is 4.31 Å². The first-order chi connectivity index (χ1) is 14.8. The molecule has 0 saturated heterocycles. The van der Waals surface area contributed by atoms with E-state index >= 15 is 0 Å². The summed E-state index contributed by atoms with van der Waals surface area (Å²) in [4.78, 5) is 13.8. The Morgan fingerprint density at radius 3 is 2.42 bits per heavy atom. The van der Waals surface area contributed by atoms with Gasteiger partial charge in [-0.25, -0.2) is 8.42 Å². The zero-order valence-corrected chi connectivity index (χ0v) is 19.7. The van der Waals surface area contributed by atoms with E-state index in [1.165, 1.54) is 12.1 Å². The minimum absolute atomic E-state index is 0.0779. The van der Waals surface area contributed by atoms with Crippen LogP contribution in [0.15, 0.2) is 82.6 Å². The van der Waals surface area contributed by atoms with Gasteiger partial charge in [0, 0.05) is 27.2 Å². The lowest BCUT2D eigenvalue weighted by molar-refractivity contribution is -0.116. The minimum Gasteiger partial charge on any atom is -0.325 e. The van der Waals surface area contributed by atoms with Gasteiger partial charge in [0.2, 0.25) is 15.9 Å². The molecule has 0 aliphatic rings. The summed E-state index contributed by atoms with van der Waals surface area (Å²) in [5.41, 5.74) is 1.14. The molecule has 1 amide bonds. The molecule has 9 heteroatoms. The van der Waals surface area contributed by atoms with E-state index in [1.807, 2.05) is 24.5 Å². The Morgan fingerprint density at radius 1 is 1.00 bits per heavy atom. The van der Waals surface area contributed by atoms with Gasteiger partial charge in [0.1, 0.15) is 0 Å². The average Bonchev–Trinajstić information content (AvgIpc) is 2.75. The highest BCUT2D eigenvalue weighted by Gasteiger charge is 2.27. The van der Waals surface area contributed by atoms with E-state index in [9.17, 15) is 13.2 Å². The molecule has 0 unspecified atom stereocenters. The van der Waals surface area contributed by atoms with Crippen molar-refractivity contribution in [3.05, 3.63) is 88.4 Å². The molecule has 3 aromatic carbocycles. The van der Waals surface area contributed by atoms with E-state index < -0.39 is 15.9 Å². The molecule has 0 saturated carbocycles. The van der Waals surface area contributed by atoms with Gasteiger partial charge in [-0.3, -0.25) is 4.79 Å². The zero-order chi connectivity index (χ0) is 22.4. The molecule has 162 valence electrons. The van der Waals surface area contributed by atoms with Gasteiger partial charge in [-0.1, -0.05) is 53.5 Å². The van der Waals surface area contributed by atoms with Crippen LogP contribution in [0.3, 0.4) is 0 Å². The molecule has 0 aliphatic heterocycles. The molecular weight excluding hydrogens is 475 g/mol. The van der Waals surface area contributed by atoms with Crippen molar-refractivity contribution in [2.45, 2.75) is 16.3 Å². The number of sulfonamides is 1. The third-order valence-corrected chi connectivity index (χ3v) is 7.53. The van der Waals surface area contributed by atoms with E-state index in [0.717, 1.165) is 9.20 Å². The number of hydrogen-bond donors (Lipinski definition) is 1. The maximum atomic E-state index is 13.3. The molecule has 3 rings (SSSR count). The fraction of sp³-hybridized carbons (Fsp3) is 0.136. The predicted octanol–water partition coefficient (Wildman–Crippen LogP) is 5.54. The molecule has 0 radical (unpaired) electrons. The number of benzene rings is 3. The second-order valence-corrected chi connectivity index (χ2v) is 10.3. The summed E-state index contributed by atoms with van der Waals surface area (Å²) in [6.07, 6.45) is 1.94. The lowest BCUT2D eigenvalue weighted by Crippen LogP contribution is -2.37. The Kier molecular flexibility index (Phi) is 8.02. The van der Waals surface area contributed by atoms with Crippen molar-refractivity contribution in [3.63, 3.8) is 0 Å². The molecule has 3 aromatic rings. The quantitative estimate of drug-likeness (QED) is 0.417. The van der Waals surface area contributed by atoms with E-state index in [1.54, 1.807) is 54.2 Å². The van der Waals surface area contributed by atoms with E-state index in [-0.39, 0.29) is 18.0 Å². The Hall–Kier alpha value is -2.03. The highest BCUT2D eigenvalue weighted by Crippen LogP contribution is 2.25. The third kappa shape index (κ3) is 6.24. The Labute approximate surface area is 196 Å². The first kappa shape index (κ1) is 23.6. The number of carbonyl (C=O) groups excluding carboxylic acids is 1. The summed E-state index contributed by atoms with van der Waals surface area (Å²) < 4.78 is 27.7. The lowest BCUT2D eigenvalue weighted by atomic mass is 10.2. The predicted molar refractivity (Wildman–Crippen MR) is 127 cm³/mol. The van der Waals surface area contributed by atoms with Crippen molar-refractivity contribution in [3.8, 4) is 0 Å². The smallest absolute Gasteiger partial charge is 0.243 e. The average molecular weight is 495 g/mol. The van der Waals surface area contributed by atoms with E-state index in [0.29, 0.717) is 21.3 Å². The number of hydrogen-bond acceptors (Lipinski definition) is 4. The van der Waals surface area contributed by atoms with Crippen LogP contribution in [0.5, 0.6) is 0 Å². The molecule has 0 aliphatic carbocycles. The largest absolute Gasteiger partial charge is 0.325 e. The molecule has 0 aromatic heterocycles. The summed E-state index contributed by atoms with van der Waals surface area (Å²) in [6, 6.07) is 20.1. The minimum atomic E-state index is -3.95. The Bertz CT molecular complexity index is 1170. The van der Waals surface area contributed by atoms with Crippen molar-refractivity contribution in [2.24, 2.45) is 0 Å². The van der Waals surface area contributed by atoms with Crippen molar-refractivity contribution >= 4 is 56.6 Å². The monoisotopic (exact) mass is 494 g/mol. The van der Waals surface area contributed by atoms with Gasteiger partial charge in [-0.2, -0.15) is 4.31 Å². The van der Waals surface area contributed by atoms with Crippen molar-refractivity contribution < 1.29 is 13.2 Å². The third-order valence-electron chi connectivity index (χ3n) is 4.42. The van der Waals surface area contributed by atoms with Crippen LogP contribution in [0.4, 0.5) is 5.69 Å². The molecule has 1 N–H and O–H groups in total. The SMILES string of the molecule is CSc1cccc(NC(=O)CN(Cc2ccc(Cl)cc2Cl)S(=O)(=O)c2ccccc2)c1. The Balaban J connectivity index is 1.88. The van der Waals surface area contributed by atoms with Gasteiger partial charge in [-0.15, -0.1) is 11.8 Å². The van der Waals surface area contributed by atoms with Crippen LogP contribution in [-0.2, 0) is 21.4 Å². The topological polar surface area (TPSA) is 66.5 Å². The molecule has 0 bridgehead atoms. The summed E-state index contributed by atoms with van der Waals surface area (Å²) in [7, 11) is -3.95. The molecule has 0 atom stereocenters. The highest BCUT2D eigenvalue weighted by atomic mass is 35.5. The molecule has 31 heavy (non-hydrogen) atoms. The first-order valence-electron chi connectivity index (χ1n) is 9.22. The number of carbonyl (C=O) groups is 1. The second kappa shape index (κ2) is 10.5. The van der Waals surface area contributed by atoms with Gasteiger partial charge in [0.05, 0.1) is 11.4 Å². The van der Waals surface area contributed by atoms with Crippen molar-refractivity contribution in [2.75, 3.05) is 18.1 Å². The standard InChI is InChI=1S/C22H20Cl2N2O3S2/c1-30-19-7-5-6-18(13-19)25-22(27)15-26(14-16-10-11-17(23)12-21(16)24)31(28,29)20-8-3-2-4-9-20/h2-13H,14-15H2,1H3,(H,25,27). The Morgan fingerprint density at radius 2 is 1.74 bits per heavy atom. The van der Waals surface area contributed by atoms with Crippen LogP contribution >= 0.6 is 35.0 Å². The summed E-state index contributed by atoms with van der Waals surface area (Å²) >= 11 is 13.8. The number of anilines is 1. The molecule has 0 fully saturated rings. The molecule has 0 spiro atoms. The van der Waals surface area contributed by atoms with Crippen LogP contribution in [-0.4, -0.2) is 31.4 Å². The fourth-order valence-electron chi connectivity index (χ4n) is 2.87. The maximum Gasteiger partial charge on any atom is 0.243 e. The molecule has 5 nitrogen and oxygen atoms in total. The van der Waals surface area contributed by atoms with Gasteiger partial charge in [-0.05, 0) is 54.3 Å². The van der Waals surface area contributed by atoms with Crippen LogP contribution < -0.4 is 5.32 Å². The molecule has 0 heterocycles. The number of nitrogens with one attached hydrogen (secondary N) is 1. The fourth-order valence-corrected chi connectivity index (χ4v) is 5.19. The zero-order valence-electron chi connectivity index (χ0n) is 16.6. The number of thioether (sulfide) groups is 1. The van der Waals surface area contributed by atoms with Crippen molar-refractivity contribution in [1.29, 1.82) is 0 Å². The number of amides is 1. The van der Waals surface area contributed by atoms with E-state index in [2.05, 4.69) is 5.32 Å². The van der Waals surface area contributed by atoms with Crippen LogP contribution in [0.2, 0.25) is 10.0 Å². The van der Waals surface area contributed by atoms with Gasteiger partial charge in [0.15, 0.2) is 0 Å². The number of halogens is 2. The highest BCUT2D eigenvalue weighted by molar-refractivity contribution is 7.98. The molecular formula is C22H20Cl2N2O3S2. The normalized spacial score (nSPS) is 11.5. The summed E-state index contributed by atoms with van der Waals surface area (Å²) in [6.45, 7) is -0.453. The van der Waals surface area contributed by atoms with E-state index in [4.69, 9.17) is 23.2 Å². The first-order valence-corrected chi connectivity index (χ1v) is 12.6. The summed E-state index contributed by atoms with van der Waals surface area (Å²) in [5.74, 6) is -0.456. The van der Waals surface area contributed by atoms with Gasteiger partial charge in [0.25, 0.3) is 0 Å². The van der Waals surface area contributed by atoms with Gasteiger partial charge >= 0.3 is 0 Å². The second-order valence-electron chi connectivity index (χ2n) is 6.60. The summed E-state index contributed by atoms with van der Waals surface area (Å²) in [5, 5.41) is 3.54. The lowest BCUT2D eigenvalue weighted by Gasteiger charge is -2.22. The number of rotatable bonds is 8. The maximum absolute atomic E-state index is 13.3. The van der Waals surface area contributed by atoms with Crippen LogP contribution in [0.1, 0.15) is 5.56 Å². The van der Waals surface area contributed by atoms with Crippen LogP contribution in [0.25, 0.3) is 0 Å². The number of nitrogens with zero attached hydrogens (tertiary/aromatic N) is 1.